The van der Waals surface area contributed by atoms with Gasteiger partial charge in [0.1, 0.15) is 5.84 Å². The fourth-order valence-corrected chi connectivity index (χ4v) is 4.94. The highest BCUT2D eigenvalue weighted by Crippen LogP contribution is 2.31. The van der Waals surface area contributed by atoms with Crippen molar-refractivity contribution in [1.29, 1.82) is 0 Å². The van der Waals surface area contributed by atoms with Gasteiger partial charge in [0.2, 0.25) is 5.91 Å². The average molecular weight is 413 g/mol. The minimum Gasteiger partial charge on any atom is -0.359 e. The van der Waals surface area contributed by atoms with Crippen LogP contribution in [-0.4, -0.2) is 39.3 Å². The number of carbonyl (C=O) groups excluding carboxylic acids is 1. The SMILES string of the molecule is CC1Cc2ccccc2N1CC(=O)Nc1cccc(S(=O)(=O)NC2=NCCC2)c1. The van der Waals surface area contributed by atoms with Crippen molar-refractivity contribution in [3.05, 3.63) is 54.1 Å². The first-order chi connectivity index (χ1) is 13.9. The molecule has 152 valence electrons. The summed E-state index contributed by atoms with van der Waals surface area (Å²) in [5.74, 6) is 0.303. The summed E-state index contributed by atoms with van der Waals surface area (Å²) in [5, 5.41) is 2.82. The molecule has 29 heavy (non-hydrogen) atoms. The van der Waals surface area contributed by atoms with Gasteiger partial charge in [-0.3, -0.25) is 14.5 Å². The summed E-state index contributed by atoms with van der Waals surface area (Å²) >= 11 is 0. The van der Waals surface area contributed by atoms with Crippen LogP contribution in [-0.2, 0) is 21.2 Å². The van der Waals surface area contributed by atoms with Gasteiger partial charge >= 0.3 is 0 Å². The van der Waals surface area contributed by atoms with Crippen LogP contribution in [0.5, 0.6) is 0 Å². The third-order valence-corrected chi connectivity index (χ3v) is 6.60. The lowest BCUT2D eigenvalue weighted by molar-refractivity contribution is -0.115. The van der Waals surface area contributed by atoms with Crippen molar-refractivity contribution in [2.45, 2.75) is 37.1 Å². The Labute approximate surface area is 170 Å². The zero-order chi connectivity index (χ0) is 20.4. The Kier molecular flexibility index (Phi) is 5.27. The molecule has 2 aromatic rings. The minimum atomic E-state index is -3.72. The van der Waals surface area contributed by atoms with Gasteiger partial charge in [-0.15, -0.1) is 0 Å². The fraction of sp³-hybridized carbons (Fsp3) is 0.333. The summed E-state index contributed by atoms with van der Waals surface area (Å²) in [6.07, 6.45) is 2.39. The molecule has 0 radical (unpaired) electrons. The number of sulfonamides is 1. The van der Waals surface area contributed by atoms with E-state index < -0.39 is 10.0 Å². The molecule has 0 saturated carbocycles. The van der Waals surface area contributed by atoms with Crippen LogP contribution in [0.25, 0.3) is 0 Å². The van der Waals surface area contributed by atoms with Crippen molar-refractivity contribution in [3.63, 3.8) is 0 Å². The summed E-state index contributed by atoms with van der Waals surface area (Å²) in [5.41, 5.74) is 2.76. The Morgan fingerprint density at radius 1 is 1.21 bits per heavy atom. The average Bonchev–Trinajstić information content (AvgIpc) is 3.29. The predicted octanol–water partition coefficient (Wildman–Crippen LogP) is 2.55. The lowest BCUT2D eigenvalue weighted by Crippen LogP contribution is -2.37. The number of aliphatic imine (C=N–C) groups is 1. The van der Waals surface area contributed by atoms with E-state index in [1.54, 1.807) is 12.1 Å². The molecule has 2 aliphatic rings. The Morgan fingerprint density at radius 2 is 2.03 bits per heavy atom. The standard InChI is InChI=1S/C21H24N4O3S/c1-15-12-16-6-2-3-9-19(16)25(15)14-21(26)23-17-7-4-8-18(13-17)29(27,28)24-20-10-5-11-22-20/h2-4,6-9,13,15H,5,10-12,14H2,1H3,(H,22,24)(H,23,26). The molecule has 2 aromatic carbocycles. The van der Waals surface area contributed by atoms with Crippen LogP contribution >= 0.6 is 0 Å². The van der Waals surface area contributed by atoms with E-state index >= 15 is 0 Å². The maximum absolute atomic E-state index is 12.6. The molecular formula is C21H24N4O3S. The van der Waals surface area contributed by atoms with Crippen LogP contribution in [0.15, 0.2) is 58.4 Å². The monoisotopic (exact) mass is 412 g/mol. The number of amidine groups is 1. The predicted molar refractivity (Wildman–Crippen MR) is 114 cm³/mol. The van der Waals surface area contributed by atoms with Crippen molar-refractivity contribution in [1.82, 2.24) is 4.72 Å². The third kappa shape index (κ3) is 4.27. The van der Waals surface area contributed by atoms with Crippen molar-refractivity contribution in [2.75, 3.05) is 23.3 Å². The molecule has 7 nitrogen and oxygen atoms in total. The number of nitrogens with zero attached hydrogens (tertiary/aromatic N) is 2. The second-order valence-electron chi connectivity index (χ2n) is 7.42. The molecule has 1 unspecified atom stereocenters. The zero-order valence-corrected chi connectivity index (χ0v) is 17.1. The molecule has 4 rings (SSSR count). The molecule has 0 aliphatic carbocycles. The van der Waals surface area contributed by atoms with Crippen LogP contribution in [0.4, 0.5) is 11.4 Å². The second-order valence-corrected chi connectivity index (χ2v) is 9.11. The van der Waals surface area contributed by atoms with Crippen LogP contribution in [0.2, 0.25) is 0 Å². The number of hydrogen-bond donors (Lipinski definition) is 2. The van der Waals surface area contributed by atoms with E-state index in [-0.39, 0.29) is 23.4 Å². The molecule has 0 aromatic heterocycles. The molecular weight excluding hydrogens is 388 g/mol. The Balaban J connectivity index is 1.45. The van der Waals surface area contributed by atoms with Gasteiger partial charge in [-0.05, 0) is 49.6 Å². The maximum Gasteiger partial charge on any atom is 0.262 e. The van der Waals surface area contributed by atoms with Crippen LogP contribution in [0.1, 0.15) is 25.3 Å². The Bertz CT molecular complexity index is 1070. The van der Waals surface area contributed by atoms with E-state index in [1.807, 2.05) is 18.2 Å². The van der Waals surface area contributed by atoms with Crippen LogP contribution in [0, 0.1) is 0 Å². The summed E-state index contributed by atoms with van der Waals surface area (Å²) in [6.45, 7) is 2.95. The van der Waals surface area contributed by atoms with Gasteiger partial charge in [-0.1, -0.05) is 24.3 Å². The number of para-hydroxylation sites is 1. The topological polar surface area (TPSA) is 90.9 Å². The number of anilines is 2. The van der Waals surface area contributed by atoms with Gasteiger partial charge < -0.3 is 10.2 Å². The summed E-state index contributed by atoms with van der Waals surface area (Å²) in [6, 6.07) is 14.6. The zero-order valence-electron chi connectivity index (χ0n) is 16.3. The van der Waals surface area contributed by atoms with E-state index in [0.717, 1.165) is 18.5 Å². The van der Waals surface area contributed by atoms with Gasteiger partial charge in [0, 0.05) is 30.4 Å². The summed E-state index contributed by atoms with van der Waals surface area (Å²) in [7, 11) is -3.72. The number of nitrogens with one attached hydrogen (secondary N) is 2. The highest BCUT2D eigenvalue weighted by molar-refractivity contribution is 7.90. The lowest BCUT2D eigenvalue weighted by atomic mass is 10.1. The maximum atomic E-state index is 12.6. The summed E-state index contributed by atoms with van der Waals surface area (Å²) in [4.78, 5) is 19.0. The van der Waals surface area contributed by atoms with E-state index in [2.05, 4.69) is 32.9 Å². The van der Waals surface area contributed by atoms with Gasteiger partial charge in [-0.25, -0.2) is 8.42 Å². The number of rotatable bonds is 5. The first kappa shape index (κ1) is 19.4. The quantitative estimate of drug-likeness (QED) is 0.790. The van der Waals surface area contributed by atoms with E-state index in [9.17, 15) is 13.2 Å². The van der Waals surface area contributed by atoms with Gasteiger partial charge in [0.25, 0.3) is 10.0 Å². The Morgan fingerprint density at radius 3 is 2.83 bits per heavy atom. The van der Waals surface area contributed by atoms with E-state index in [1.165, 1.54) is 17.7 Å². The molecule has 2 heterocycles. The largest absolute Gasteiger partial charge is 0.359 e. The van der Waals surface area contributed by atoms with Gasteiger partial charge in [0.15, 0.2) is 0 Å². The number of benzene rings is 2. The Hall–Kier alpha value is -2.87. The molecule has 1 atom stereocenters. The van der Waals surface area contributed by atoms with E-state index in [4.69, 9.17) is 0 Å². The lowest BCUT2D eigenvalue weighted by Gasteiger charge is -2.24. The molecule has 0 fully saturated rings. The first-order valence-electron chi connectivity index (χ1n) is 9.73. The van der Waals surface area contributed by atoms with Gasteiger partial charge in [0.05, 0.1) is 11.4 Å². The van der Waals surface area contributed by atoms with Crippen LogP contribution < -0.4 is 14.9 Å². The highest BCUT2D eigenvalue weighted by Gasteiger charge is 2.27. The number of hydrogen-bond acceptors (Lipinski definition) is 5. The van der Waals surface area contributed by atoms with Crippen molar-refractivity contribution in [2.24, 2.45) is 4.99 Å². The normalized spacial score (nSPS) is 18.3. The number of amides is 1. The first-order valence-corrected chi connectivity index (χ1v) is 11.2. The van der Waals surface area contributed by atoms with E-state index in [0.29, 0.717) is 24.5 Å². The molecule has 2 aliphatic heterocycles. The second kappa shape index (κ2) is 7.87. The molecule has 1 amide bonds. The smallest absolute Gasteiger partial charge is 0.262 e. The number of carbonyl (C=O) groups is 1. The highest BCUT2D eigenvalue weighted by atomic mass is 32.2. The van der Waals surface area contributed by atoms with Gasteiger partial charge in [-0.2, -0.15) is 0 Å². The van der Waals surface area contributed by atoms with Crippen molar-refractivity contribution < 1.29 is 13.2 Å². The molecule has 0 spiro atoms. The minimum absolute atomic E-state index is 0.102. The number of fused-ring (bicyclic) bond motifs is 1. The summed E-state index contributed by atoms with van der Waals surface area (Å²) < 4.78 is 27.7. The van der Waals surface area contributed by atoms with Crippen LogP contribution in [0.3, 0.4) is 0 Å². The van der Waals surface area contributed by atoms with Crippen molar-refractivity contribution in [3.8, 4) is 0 Å². The fourth-order valence-electron chi connectivity index (χ4n) is 3.80. The molecule has 8 heteroatoms. The molecule has 2 N–H and O–H groups in total. The molecule has 0 bridgehead atoms. The third-order valence-electron chi connectivity index (χ3n) is 5.22. The molecule has 0 saturated heterocycles. The van der Waals surface area contributed by atoms with Crippen molar-refractivity contribution >= 4 is 33.1 Å².